The van der Waals surface area contributed by atoms with Crippen molar-refractivity contribution in [3.63, 3.8) is 0 Å². The van der Waals surface area contributed by atoms with Crippen molar-refractivity contribution in [3.05, 3.63) is 34.9 Å². The zero-order valence-corrected chi connectivity index (χ0v) is 16.8. The molecule has 0 saturated heterocycles. The number of rotatable bonds is 10. The number of hydrogen-bond acceptors (Lipinski definition) is 5. The third kappa shape index (κ3) is 8.41. The van der Waals surface area contributed by atoms with Crippen molar-refractivity contribution in [1.29, 1.82) is 0 Å². The molecule has 0 aliphatic rings. The number of amides is 2. The molecule has 1 aromatic carbocycles. The summed E-state index contributed by atoms with van der Waals surface area (Å²) in [4.78, 5) is 36.8. The van der Waals surface area contributed by atoms with E-state index in [4.69, 9.17) is 21.1 Å². The van der Waals surface area contributed by atoms with Crippen LogP contribution >= 0.6 is 11.6 Å². The molecule has 0 aromatic heterocycles. The van der Waals surface area contributed by atoms with Gasteiger partial charge in [0.1, 0.15) is 6.04 Å². The maximum absolute atomic E-state index is 12.5. The summed E-state index contributed by atoms with van der Waals surface area (Å²) >= 11 is 5.82. The maximum atomic E-state index is 12.5. The number of benzene rings is 1. The molecule has 2 N–H and O–H groups in total. The second-order valence-electron chi connectivity index (χ2n) is 6.53. The predicted octanol–water partition coefficient (Wildman–Crippen LogP) is 2.18. The van der Waals surface area contributed by atoms with E-state index < -0.39 is 29.9 Å². The van der Waals surface area contributed by atoms with Crippen LogP contribution in [-0.4, -0.2) is 50.2 Å². The van der Waals surface area contributed by atoms with Crippen molar-refractivity contribution in [2.24, 2.45) is 5.92 Å². The molecule has 27 heavy (non-hydrogen) atoms. The van der Waals surface area contributed by atoms with Crippen molar-refractivity contribution in [3.8, 4) is 0 Å². The normalized spacial score (nSPS) is 13.0. The minimum atomic E-state index is -0.976. The lowest BCUT2D eigenvalue weighted by Gasteiger charge is -2.21. The fourth-order valence-corrected chi connectivity index (χ4v) is 2.38. The van der Waals surface area contributed by atoms with E-state index in [-0.39, 0.29) is 5.92 Å². The zero-order chi connectivity index (χ0) is 20.4. The van der Waals surface area contributed by atoms with Crippen LogP contribution in [0.25, 0.3) is 0 Å². The standard InChI is InChI=1S/C19H27ClN2O5/c1-12(2)11-16(22-18(24)14-5-7-15(20)8-6-14)19(25)27-13(3)17(23)21-9-10-26-4/h5-8,12-13,16H,9-11H2,1-4H3,(H,21,23)(H,22,24)/t13-,16-/m0/s1. The molecule has 0 saturated carbocycles. The van der Waals surface area contributed by atoms with Crippen molar-refractivity contribution >= 4 is 29.4 Å². The molecule has 7 nitrogen and oxygen atoms in total. The van der Waals surface area contributed by atoms with Crippen molar-refractivity contribution in [2.45, 2.75) is 39.3 Å². The Morgan fingerprint density at radius 1 is 1.11 bits per heavy atom. The summed E-state index contributed by atoms with van der Waals surface area (Å²) in [6.45, 7) is 6.01. The van der Waals surface area contributed by atoms with Gasteiger partial charge in [0, 0.05) is 24.2 Å². The van der Waals surface area contributed by atoms with Gasteiger partial charge < -0.3 is 20.1 Å². The van der Waals surface area contributed by atoms with Crippen LogP contribution in [0.15, 0.2) is 24.3 Å². The molecule has 0 bridgehead atoms. The van der Waals surface area contributed by atoms with Crippen LogP contribution in [0.4, 0.5) is 0 Å². The molecule has 0 heterocycles. The van der Waals surface area contributed by atoms with E-state index in [9.17, 15) is 14.4 Å². The summed E-state index contributed by atoms with van der Waals surface area (Å²) in [7, 11) is 1.52. The fraction of sp³-hybridized carbons (Fsp3) is 0.526. The highest BCUT2D eigenvalue weighted by molar-refractivity contribution is 6.30. The summed E-state index contributed by atoms with van der Waals surface area (Å²) in [5.74, 6) is -1.35. The number of carbonyl (C=O) groups excluding carboxylic acids is 3. The van der Waals surface area contributed by atoms with Crippen LogP contribution < -0.4 is 10.6 Å². The van der Waals surface area contributed by atoms with E-state index in [2.05, 4.69) is 10.6 Å². The fourth-order valence-electron chi connectivity index (χ4n) is 2.26. The van der Waals surface area contributed by atoms with E-state index in [1.807, 2.05) is 13.8 Å². The average molecular weight is 399 g/mol. The topological polar surface area (TPSA) is 93.7 Å². The Kier molecular flexibility index (Phi) is 9.82. The molecular formula is C19H27ClN2O5. The van der Waals surface area contributed by atoms with E-state index in [0.29, 0.717) is 30.2 Å². The summed E-state index contributed by atoms with van der Waals surface area (Å²) < 4.78 is 10.1. The van der Waals surface area contributed by atoms with Gasteiger partial charge in [-0.25, -0.2) is 4.79 Å². The van der Waals surface area contributed by atoms with E-state index in [1.165, 1.54) is 14.0 Å². The molecule has 0 fully saturated rings. The SMILES string of the molecule is COCCNC(=O)[C@H](C)OC(=O)[C@H](CC(C)C)NC(=O)c1ccc(Cl)cc1. The number of nitrogens with one attached hydrogen (secondary N) is 2. The number of esters is 1. The maximum Gasteiger partial charge on any atom is 0.329 e. The number of carbonyl (C=O) groups is 3. The lowest BCUT2D eigenvalue weighted by Crippen LogP contribution is -2.46. The predicted molar refractivity (Wildman–Crippen MR) is 103 cm³/mol. The Bertz CT molecular complexity index is 633. The van der Waals surface area contributed by atoms with Gasteiger partial charge in [-0.1, -0.05) is 25.4 Å². The lowest BCUT2D eigenvalue weighted by molar-refractivity contribution is -0.157. The van der Waals surface area contributed by atoms with E-state index in [1.54, 1.807) is 24.3 Å². The highest BCUT2D eigenvalue weighted by atomic mass is 35.5. The molecule has 1 rings (SSSR count). The third-order valence-electron chi connectivity index (χ3n) is 3.67. The van der Waals surface area contributed by atoms with Gasteiger partial charge in [-0.05, 0) is 43.5 Å². The first-order valence-corrected chi connectivity index (χ1v) is 9.16. The van der Waals surface area contributed by atoms with Gasteiger partial charge in [0.25, 0.3) is 11.8 Å². The first-order chi connectivity index (χ1) is 12.7. The Morgan fingerprint density at radius 2 is 1.74 bits per heavy atom. The summed E-state index contributed by atoms with van der Waals surface area (Å²) in [6, 6.07) is 5.47. The van der Waals surface area contributed by atoms with Crippen LogP contribution in [0.2, 0.25) is 5.02 Å². The molecule has 2 amide bonds. The minimum Gasteiger partial charge on any atom is -0.451 e. The lowest BCUT2D eigenvalue weighted by atomic mass is 10.0. The van der Waals surface area contributed by atoms with Gasteiger partial charge in [-0.15, -0.1) is 0 Å². The Balaban J connectivity index is 2.71. The molecule has 8 heteroatoms. The van der Waals surface area contributed by atoms with Crippen LogP contribution in [0.5, 0.6) is 0 Å². The van der Waals surface area contributed by atoms with Crippen LogP contribution in [0, 0.1) is 5.92 Å². The quantitative estimate of drug-likeness (QED) is 0.465. The van der Waals surface area contributed by atoms with Crippen molar-refractivity contribution in [1.82, 2.24) is 10.6 Å². The zero-order valence-electron chi connectivity index (χ0n) is 16.1. The van der Waals surface area contributed by atoms with E-state index in [0.717, 1.165) is 0 Å². The van der Waals surface area contributed by atoms with Gasteiger partial charge in [-0.2, -0.15) is 0 Å². The molecular weight excluding hydrogens is 372 g/mol. The largest absolute Gasteiger partial charge is 0.451 e. The van der Waals surface area contributed by atoms with E-state index >= 15 is 0 Å². The minimum absolute atomic E-state index is 0.138. The monoisotopic (exact) mass is 398 g/mol. The van der Waals surface area contributed by atoms with Gasteiger partial charge in [0.15, 0.2) is 6.10 Å². The molecule has 150 valence electrons. The first kappa shape index (κ1) is 22.9. The Morgan fingerprint density at radius 3 is 2.30 bits per heavy atom. The second kappa shape index (κ2) is 11.6. The molecule has 0 unspecified atom stereocenters. The van der Waals surface area contributed by atoms with Gasteiger partial charge >= 0.3 is 5.97 Å². The van der Waals surface area contributed by atoms with Crippen molar-refractivity contribution in [2.75, 3.05) is 20.3 Å². The second-order valence-corrected chi connectivity index (χ2v) is 6.96. The third-order valence-corrected chi connectivity index (χ3v) is 3.92. The van der Waals surface area contributed by atoms with Crippen molar-refractivity contribution < 1.29 is 23.9 Å². The molecule has 2 atom stereocenters. The summed E-state index contributed by atoms with van der Waals surface area (Å²) in [5.41, 5.74) is 0.381. The summed E-state index contributed by atoms with van der Waals surface area (Å²) in [5, 5.41) is 5.78. The van der Waals surface area contributed by atoms with Crippen LogP contribution in [0.3, 0.4) is 0 Å². The summed E-state index contributed by atoms with van der Waals surface area (Å²) in [6.07, 6.45) is -0.590. The Labute approximate surface area is 164 Å². The molecule has 0 spiro atoms. The van der Waals surface area contributed by atoms with Crippen LogP contribution in [0.1, 0.15) is 37.6 Å². The van der Waals surface area contributed by atoms with Gasteiger partial charge in [0.2, 0.25) is 0 Å². The highest BCUT2D eigenvalue weighted by Crippen LogP contribution is 2.12. The smallest absolute Gasteiger partial charge is 0.329 e. The molecule has 0 radical (unpaired) electrons. The first-order valence-electron chi connectivity index (χ1n) is 8.78. The molecule has 1 aromatic rings. The average Bonchev–Trinajstić information content (AvgIpc) is 2.61. The Hall–Kier alpha value is -2.12. The number of ether oxygens (including phenoxy) is 2. The number of methoxy groups -OCH3 is 1. The van der Waals surface area contributed by atoms with Gasteiger partial charge in [-0.3, -0.25) is 9.59 Å². The van der Waals surface area contributed by atoms with Gasteiger partial charge in [0.05, 0.1) is 6.61 Å². The van der Waals surface area contributed by atoms with Crippen LogP contribution in [-0.2, 0) is 19.1 Å². The number of halogens is 1. The highest BCUT2D eigenvalue weighted by Gasteiger charge is 2.27. The molecule has 0 aliphatic carbocycles. The molecule has 0 aliphatic heterocycles. The number of hydrogen-bond donors (Lipinski definition) is 2.